The van der Waals surface area contributed by atoms with Crippen molar-refractivity contribution in [1.82, 2.24) is 10.2 Å². The summed E-state index contributed by atoms with van der Waals surface area (Å²) in [6, 6.07) is 0.189. The van der Waals surface area contributed by atoms with Crippen LogP contribution in [-0.2, 0) is 9.59 Å². The third-order valence-corrected chi connectivity index (χ3v) is 4.16. The second kappa shape index (κ2) is 5.39. The number of carbonyl (C=O) groups is 2. The molecule has 2 rings (SSSR count). The number of hydrogen-bond donors (Lipinski definition) is 1. The Bertz CT molecular complexity index is 319. The molecule has 4 nitrogen and oxygen atoms in total. The lowest BCUT2D eigenvalue weighted by Crippen LogP contribution is -2.43. The molecule has 102 valence electrons. The fourth-order valence-electron chi connectivity index (χ4n) is 3.26. The van der Waals surface area contributed by atoms with Crippen LogP contribution in [0.2, 0.25) is 0 Å². The first kappa shape index (κ1) is 13.5. The summed E-state index contributed by atoms with van der Waals surface area (Å²) in [6.45, 7) is 7.74. The molecule has 3 atom stereocenters. The van der Waals surface area contributed by atoms with Crippen molar-refractivity contribution in [1.29, 1.82) is 0 Å². The fourth-order valence-corrected chi connectivity index (χ4v) is 3.26. The molecule has 1 aliphatic heterocycles. The van der Waals surface area contributed by atoms with Crippen molar-refractivity contribution in [2.45, 2.75) is 46.1 Å². The molecule has 3 unspecified atom stereocenters. The Morgan fingerprint density at radius 3 is 2.33 bits per heavy atom. The van der Waals surface area contributed by atoms with Gasteiger partial charge in [-0.3, -0.25) is 14.5 Å². The summed E-state index contributed by atoms with van der Waals surface area (Å²) in [5.74, 6) is 0.612. The van der Waals surface area contributed by atoms with Gasteiger partial charge in [-0.05, 0) is 38.6 Å². The van der Waals surface area contributed by atoms with E-state index in [0.29, 0.717) is 12.5 Å². The molecule has 1 heterocycles. The molecule has 1 N–H and O–H groups in total. The summed E-state index contributed by atoms with van der Waals surface area (Å²) in [5, 5.41) is 3.33. The lowest BCUT2D eigenvalue weighted by molar-refractivity contribution is -0.140. The minimum absolute atomic E-state index is 0.0223. The Balaban J connectivity index is 1.95. The number of amides is 2. The zero-order chi connectivity index (χ0) is 13.3. The summed E-state index contributed by atoms with van der Waals surface area (Å²) >= 11 is 0. The second-order valence-corrected chi connectivity index (χ2v) is 5.93. The highest BCUT2D eigenvalue weighted by atomic mass is 16.2. The third-order valence-electron chi connectivity index (χ3n) is 4.16. The van der Waals surface area contributed by atoms with E-state index in [1.54, 1.807) is 0 Å². The van der Waals surface area contributed by atoms with Crippen LogP contribution in [0.15, 0.2) is 0 Å². The highest BCUT2D eigenvalue weighted by Crippen LogP contribution is 2.42. The van der Waals surface area contributed by atoms with Gasteiger partial charge in [0.05, 0.1) is 11.8 Å². The molecule has 2 aliphatic rings. The Labute approximate surface area is 109 Å². The maximum atomic E-state index is 12.2. The first-order chi connectivity index (χ1) is 8.54. The monoisotopic (exact) mass is 252 g/mol. The predicted molar refractivity (Wildman–Crippen MR) is 69.9 cm³/mol. The van der Waals surface area contributed by atoms with Crippen molar-refractivity contribution in [2.75, 3.05) is 13.1 Å². The summed E-state index contributed by atoms with van der Waals surface area (Å²) < 4.78 is 0. The molecule has 0 bridgehead atoms. The molecule has 0 aromatic heterocycles. The Kier molecular flexibility index (Phi) is 4.05. The van der Waals surface area contributed by atoms with Crippen LogP contribution in [0, 0.1) is 17.8 Å². The van der Waals surface area contributed by atoms with Gasteiger partial charge in [-0.25, -0.2) is 0 Å². The van der Waals surface area contributed by atoms with E-state index in [9.17, 15) is 9.59 Å². The highest BCUT2D eigenvalue weighted by molar-refractivity contribution is 6.05. The van der Waals surface area contributed by atoms with Gasteiger partial charge in [0, 0.05) is 12.6 Å². The van der Waals surface area contributed by atoms with E-state index in [1.165, 1.54) is 4.90 Å². The number of likely N-dealkylation sites (tertiary alicyclic amines) is 1. The zero-order valence-corrected chi connectivity index (χ0v) is 11.6. The van der Waals surface area contributed by atoms with Crippen molar-refractivity contribution in [3.05, 3.63) is 0 Å². The van der Waals surface area contributed by atoms with Crippen molar-refractivity contribution in [3.8, 4) is 0 Å². The van der Waals surface area contributed by atoms with Crippen LogP contribution < -0.4 is 5.32 Å². The van der Waals surface area contributed by atoms with Crippen LogP contribution in [0.4, 0.5) is 0 Å². The average molecular weight is 252 g/mol. The number of hydrogen-bond acceptors (Lipinski definition) is 3. The molecular formula is C14H24N2O2. The molecule has 2 amide bonds. The number of nitrogens with one attached hydrogen (secondary N) is 1. The molecular weight excluding hydrogens is 228 g/mol. The van der Waals surface area contributed by atoms with Gasteiger partial charge in [0.25, 0.3) is 0 Å². The van der Waals surface area contributed by atoms with Crippen LogP contribution in [0.5, 0.6) is 0 Å². The lowest BCUT2D eigenvalue weighted by atomic mass is 10.00. The maximum absolute atomic E-state index is 12.2. The molecule has 2 fully saturated rings. The standard InChI is InChI=1S/C14H24N2O2/c1-4-5-15-10(3)8-16-13(17)11-6-9(2)7-12(11)14(16)18/h9-12,15H,4-8H2,1-3H3. The van der Waals surface area contributed by atoms with Crippen LogP contribution in [0.25, 0.3) is 0 Å². The smallest absolute Gasteiger partial charge is 0.233 e. The molecule has 0 aromatic carbocycles. The van der Waals surface area contributed by atoms with E-state index in [2.05, 4.69) is 19.2 Å². The minimum atomic E-state index is -0.0223. The first-order valence-electron chi connectivity index (χ1n) is 7.13. The molecule has 0 radical (unpaired) electrons. The summed E-state index contributed by atoms with van der Waals surface area (Å²) in [6.07, 6.45) is 2.85. The van der Waals surface area contributed by atoms with Gasteiger partial charge >= 0.3 is 0 Å². The highest BCUT2D eigenvalue weighted by Gasteiger charge is 2.51. The first-order valence-corrected chi connectivity index (χ1v) is 7.13. The van der Waals surface area contributed by atoms with Crippen LogP contribution in [-0.4, -0.2) is 35.8 Å². The number of nitrogens with zero attached hydrogens (tertiary/aromatic N) is 1. The normalized spacial score (nSPS) is 33.1. The van der Waals surface area contributed by atoms with E-state index < -0.39 is 0 Å². The summed E-state index contributed by atoms with van der Waals surface area (Å²) in [5.41, 5.74) is 0. The fraction of sp³-hybridized carbons (Fsp3) is 0.857. The van der Waals surface area contributed by atoms with E-state index in [4.69, 9.17) is 0 Å². The Morgan fingerprint density at radius 2 is 1.83 bits per heavy atom. The van der Waals surface area contributed by atoms with Gasteiger partial charge in [-0.2, -0.15) is 0 Å². The number of fused-ring (bicyclic) bond motifs is 1. The molecule has 18 heavy (non-hydrogen) atoms. The number of carbonyl (C=O) groups excluding carboxylic acids is 2. The topological polar surface area (TPSA) is 49.4 Å². The number of imide groups is 1. The molecule has 1 saturated heterocycles. The van der Waals surface area contributed by atoms with Gasteiger partial charge in [0.15, 0.2) is 0 Å². The van der Waals surface area contributed by atoms with Gasteiger partial charge in [0.2, 0.25) is 11.8 Å². The van der Waals surface area contributed by atoms with Crippen molar-refractivity contribution < 1.29 is 9.59 Å². The molecule has 0 spiro atoms. The second-order valence-electron chi connectivity index (χ2n) is 5.93. The van der Waals surface area contributed by atoms with Crippen molar-refractivity contribution >= 4 is 11.8 Å². The van der Waals surface area contributed by atoms with Crippen molar-refractivity contribution in [2.24, 2.45) is 17.8 Å². The molecule has 1 saturated carbocycles. The zero-order valence-electron chi connectivity index (χ0n) is 11.6. The van der Waals surface area contributed by atoms with E-state index in [0.717, 1.165) is 25.8 Å². The Morgan fingerprint density at radius 1 is 1.28 bits per heavy atom. The third kappa shape index (κ3) is 2.44. The molecule has 1 aliphatic carbocycles. The van der Waals surface area contributed by atoms with Crippen LogP contribution in [0.3, 0.4) is 0 Å². The minimum Gasteiger partial charge on any atom is -0.312 e. The number of rotatable bonds is 5. The van der Waals surface area contributed by atoms with Crippen molar-refractivity contribution in [3.63, 3.8) is 0 Å². The van der Waals surface area contributed by atoms with Crippen LogP contribution in [0.1, 0.15) is 40.0 Å². The lowest BCUT2D eigenvalue weighted by Gasteiger charge is -2.21. The molecule has 0 aromatic rings. The SMILES string of the molecule is CCCNC(C)CN1C(=O)C2CC(C)CC2C1=O. The van der Waals surface area contributed by atoms with E-state index in [1.807, 2.05) is 6.92 Å². The van der Waals surface area contributed by atoms with Gasteiger partial charge in [-0.1, -0.05) is 13.8 Å². The van der Waals surface area contributed by atoms with Gasteiger partial charge in [0.1, 0.15) is 0 Å². The summed E-state index contributed by atoms with van der Waals surface area (Å²) in [4.78, 5) is 26.0. The van der Waals surface area contributed by atoms with E-state index >= 15 is 0 Å². The molecule has 4 heteroatoms. The average Bonchev–Trinajstić information content (AvgIpc) is 2.81. The Hall–Kier alpha value is -0.900. The predicted octanol–water partition coefficient (Wildman–Crippen LogP) is 1.41. The van der Waals surface area contributed by atoms with Gasteiger partial charge in [-0.15, -0.1) is 0 Å². The summed E-state index contributed by atoms with van der Waals surface area (Å²) in [7, 11) is 0. The van der Waals surface area contributed by atoms with E-state index in [-0.39, 0.29) is 29.7 Å². The largest absolute Gasteiger partial charge is 0.312 e. The van der Waals surface area contributed by atoms with Gasteiger partial charge < -0.3 is 5.32 Å². The maximum Gasteiger partial charge on any atom is 0.233 e. The quantitative estimate of drug-likeness (QED) is 0.753. The van der Waals surface area contributed by atoms with Crippen LogP contribution >= 0.6 is 0 Å².